The molecule has 1 aromatic heterocycles. The third-order valence-corrected chi connectivity index (χ3v) is 9.82. The largest absolute Gasteiger partial charge is 0.309 e. The lowest BCUT2D eigenvalue weighted by Gasteiger charge is -2.17. The van der Waals surface area contributed by atoms with Gasteiger partial charge in [0.1, 0.15) is 0 Å². The van der Waals surface area contributed by atoms with Crippen molar-refractivity contribution in [2.45, 2.75) is 6.92 Å². The predicted octanol–water partition coefficient (Wildman–Crippen LogP) is 12.3. The first kappa shape index (κ1) is 27.9. The smallest absolute Gasteiger partial charge is 0.0626 e. The fourth-order valence-corrected chi connectivity index (χ4v) is 7.76. The minimum absolute atomic E-state index is 0.905. The summed E-state index contributed by atoms with van der Waals surface area (Å²) in [6, 6.07) is 57.0. The average Bonchev–Trinajstić information content (AvgIpc) is 3.51. The summed E-state index contributed by atoms with van der Waals surface area (Å²) in [5, 5.41) is 10.1. The molecule has 1 heteroatoms. The number of hydrogen-bond donors (Lipinski definition) is 0. The number of aromatic nitrogens is 1. The molecule has 0 aliphatic rings. The van der Waals surface area contributed by atoms with Crippen LogP contribution in [0.5, 0.6) is 0 Å². The highest BCUT2D eigenvalue weighted by atomic mass is 15.0. The molecule has 48 heavy (non-hydrogen) atoms. The molecule has 0 aliphatic carbocycles. The lowest BCUT2D eigenvalue weighted by Crippen LogP contribution is -1.95. The maximum absolute atomic E-state index is 5.88. The van der Waals surface area contributed by atoms with Crippen LogP contribution in [0.2, 0.25) is 0 Å². The zero-order valence-corrected chi connectivity index (χ0v) is 26.6. The first-order valence-electron chi connectivity index (χ1n) is 16.4. The first-order valence-corrected chi connectivity index (χ1v) is 16.4. The molecule has 9 aromatic rings. The monoisotopic (exact) mass is 609 g/mol. The minimum atomic E-state index is 0.905. The molecule has 0 fully saturated rings. The number of hydrogen-bond acceptors (Lipinski definition) is 0. The van der Waals surface area contributed by atoms with Gasteiger partial charge in [-0.1, -0.05) is 139 Å². The van der Waals surface area contributed by atoms with Crippen molar-refractivity contribution in [1.29, 1.82) is 0 Å². The molecular weight excluding hydrogens is 579 g/mol. The van der Waals surface area contributed by atoms with Crippen molar-refractivity contribution in [1.82, 2.24) is 4.57 Å². The van der Waals surface area contributed by atoms with E-state index in [0.717, 1.165) is 22.3 Å². The van der Waals surface area contributed by atoms with E-state index in [4.69, 9.17) is 6.42 Å². The van der Waals surface area contributed by atoms with Crippen molar-refractivity contribution in [3.8, 4) is 29.2 Å². The third-order valence-electron chi connectivity index (χ3n) is 9.82. The van der Waals surface area contributed by atoms with Crippen LogP contribution in [-0.2, 0) is 0 Å². The lowest BCUT2D eigenvalue weighted by atomic mass is 9.87. The summed E-state index contributed by atoms with van der Waals surface area (Å²) in [4.78, 5) is 0. The minimum Gasteiger partial charge on any atom is -0.309 e. The molecule has 0 saturated heterocycles. The van der Waals surface area contributed by atoms with Gasteiger partial charge in [0, 0.05) is 32.8 Å². The lowest BCUT2D eigenvalue weighted by molar-refractivity contribution is 1.19. The van der Waals surface area contributed by atoms with Gasteiger partial charge in [0.25, 0.3) is 0 Å². The Morgan fingerprint density at radius 3 is 1.94 bits per heavy atom. The molecule has 0 saturated carbocycles. The van der Waals surface area contributed by atoms with Crippen molar-refractivity contribution >= 4 is 59.7 Å². The molecule has 0 spiro atoms. The van der Waals surface area contributed by atoms with E-state index in [0.29, 0.717) is 0 Å². The summed E-state index contributed by atoms with van der Waals surface area (Å²) in [7, 11) is 0. The van der Waals surface area contributed by atoms with Crippen molar-refractivity contribution in [3.05, 3.63) is 180 Å². The zero-order valence-electron chi connectivity index (χ0n) is 26.6. The number of terminal acetylenes is 1. The van der Waals surface area contributed by atoms with Gasteiger partial charge in [-0.05, 0) is 86.6 Å². The van der Waals surface area contributed by atoms with E-state index in [1.54, 1.807) is 0 Å². The predicted molar refractivity (Wildman–Crippen MR) is 206 cm³/mol. The van der Waals surface area contributed by atoms with Crippen LogP contribution in [0.1, 0.15) is 23.6 Å². The van der Waals surface area contributed by atoms with E-state index >= 15 is 0 Å². The summed E-state index contributed by atoms with van der Waals surface area (Å²) in [5.41, 5.74) is 10.3. The number of allylic oxidation sites excluding steroid dienone is 1. The van der Waals surface area contributed by atoms with Gasteiger partial charge in [-0.25, -0.2) is 0 Å². The van der Waals surface area contributed by atoms with Gasteiger partial charge in [-0.2, -0.15) is 0 Å². The van der Waals surface area contributed by atoms with Crippen molar-refractivity contribution in [3.63, 3.8) is 0 Å². The van der Waals surface area contributed by atoms with Crippen molar-refractivity contribution in [2.75, 3.05) is 0 Å². The highest BCUT2D eigenvalue weighted by molar-refractivity contribution is 6.38. The van der Waals surface area contributed by atoms with E-state index in [1.165, 1.54) is 70.9 Å². The molecule has 0 N–H and O–H groups in total. The van der Waals surface area contributed by atoms with Crippen molar-refractivity contribution < 1.29 is 0 Å². The summed E-state index contributed by atoms with van der Waals surface area (Å²) >= 11 is 0. The quantitative estimate of drug-likeness (QED) is 0.138. The van der Waals surface area contributed by atoms with Gasteiger partial charge in [-0.15, -0.1) is 6.42 Å². The Labute approximate surface area is 280 Å². The second kappa shape index (κ2) is 11.2. The van der Waals surface area contributed by atoms with Gasteiger partial charge in [0.15, 0.2) is 0 Å². The van der Waals surface area contributed by atoms with Crippen LogP contribution in [0.4, 0.5) is 0 Å². The maximum atomic E-state index is 5.88. The van der Waals surface area contributed by atoms with E-state index in [-0.39, 0.29) is 0 Å². The summed E-state index contributed by atoms with van der Waals surface area (Å²) in [6.45, 7) is 2.08. The molecule has 0 amide bonds. The highest BCUT2D eigenvalue weighted by Gasteiger charge is 2.21. The second-order valence-electron chi connectivity index (χ2n) is 12.3. The maximum Gasteiger partial charge on any atom is 0.0626 e. The number of rotatable bonds is 4. The molecule has 0 bridgehead atoms. The molecule has 1 heterocycles. The molecule has 224 valence electrons. The molecule has 8 aromatic carbocycles. The second-order valence-corrected chi connectivity index (χ2v) is 12.3. The molecule has 1 nitrogen and oxygen atoms in total. The van der Waals surface area contributed by atoms with Crippen LogP contribution in [0.15, 0.2) is 164 Å². The Bertz CT molecular complexity index is 2770. The molecule has 0 radical (unpaired) electrons. The fraction of sp³-hybridized carbons (Fsp3) is 0.0213. The summed E-state index contributed by atoms with van der Waals surface area (Å²) < 4.78 is 2.45. The zero-order chi connectivity index (χ0) is 32.2. The number of fused-ring (bicyclic) bond motifs is 10. The topological polar surface area (TPSA) is 4.93 Å². The average molecular weight is 610 g/mol. The highest BCUT2D eigenvalue weighted by Crippen LogP contribution is 2.47. The number of benzene rings is 8. The Hall–Kier alpha value is -6.36. The van der Waals surface area contributed by atoms with Crippen LogP contribution in [-0.4, -0.2) is 4.57 Å². The molecule has 9 rings (SSSR count). The van der Waals surface area contributed by atoms with Gasteiger partial charge < -0.3 is 4.57 Å². The van der Waals surface area contributed by atoms with Gasteiger partial charge in [0.2, 0.25) is 0 Å². The summed E-state index contributed by atoms with van der Waals surface area (Å²) in [5.74, 6) is 2.86. The SMILES string of the molecule is C#Cc1ccccc1/C(=C\C)c1ccc(-c2cc3c4ccccc4c4c(c5ccccc5n4-c4ccccc4)c3c3ccccc23)cc1. The van der Waals surface area contributed by atoms with Crippen LogP contribution in [0.3, 0.4) is 0 Å². The first-order chi connectivity index (χ1) is 23.8. The number of nitrogens with zero attached hydrogens (tertiary/aromatic N) is 1. The van der Waals surface area contributed by atoms with E-state index in [9.17, 15) is 0 Å². The normalized spacial score (nSPS) is 12.0. The molecule has 0 unspecified atom stereocenters. The van der Waals surface area contributed by atoms with Gasteiger partial charge >= 0.3 is 0 Å². The van der Waals surface area contributed by atoms with Crippen LogP contribution < -0.4 is 0 Å². The Balaban J connectivity index is 1.35. The van der Waals surface area contributed by atoms with Gasteiger partial charge in [-0.3, -0.25) is 0 Å². The van der Waals surface area contributed by atoms with E-state index < -0.39 is 0 Å². The van der Waals surface area contributed by atoms with Crippen LogP contribution in [0, 0.1) is 12.3 Å². The Morgan fingerprint density at radius 1 is 0.562 bits per heavy atom. The van der Waals surface area contributed by atoms with Gasteiger partial charge in [0.05, 0.1) is 11.0 Å². The van der Waals surface area contributed by atoms with Crippen LogP contribution >= 0.6 is 0 Å². The number of para-hydroxylation sites is 2. The Morgan fingerprint density at radius 2 is 1.19 bits per heavy atom. The standard InChI is InChI=1S/C47H31N/c1-3-31-16-8-9-19-36(31)35(4-2)32-26-28-33(29-27-32)42-30-43-38-21-11-13-23-40(38)47-46(45(43)39-22-12-10-20-37(39)42)41-24-14-15-25-44(41)48(47)34-17-6-5-7-18-34/h1,4-30H,2H3/b35-4-. The third kappa shape index (κ3) is 4.13. The molecule has 0 aliphatic heterocycles. The molecule has 0 atom stereocenters. The van der Waals surface area contributed by atoms with E-state index in [1.807, 2.05) is 18.2 Å². The van der Waals surface area contributed by atoms with Crippen molar-refractivity contribution in [2.24, 2.45) is 0 Å². The fourth-order valence-electron chi connectivity index (χ4n) is 7.76. The molecular formula is C47H31N. The summed E-state index contributed by atoms with van der Waals surface area (Å²) in [6.07, 6.45) is 8.03. The van der Waals surface area contributed by atoms with E-state index in [2.05, 4.69) is 163 Å². The van der Waals surface area contributed by atoms with Crippen LogP contribution in [0.25, 0.3) is 76.5 Å². The Kier molecular flexibility index (Phi) is 6.49.